The van der Waals surface area contributed by atoms with Crippen molar-refractivity contribution in [3.05, 3.63) is 53.9 Å². The highest BCUT2D eigenvalue weighted by molar-refractivity contribution is 7.80. The summed E-state index contributed by atoms with van der Waals surface area (Å²) in [5, 5.41) is 0. The van der Waals surface area contributed by atoms with Gasteiger partial charge in [-0.3, -0.25) is 0 Å². The number of ether oxygens (including phenoxy) is 1. The average Bonchev–Trinajstić information content (AvgIpc) is 2.27. The molecule has 92 valence electrons. The molecule has 2 N–H and O–H groups in total. The zero-order chi connectivity index (χ0) is 13.1. The van der Waals surface area contributed by atoms with E-state index in [1.165, 1.54) is 6.20 Å². The zero-order valence-corrected chi connectivity index (χ0v) is 9.88. The first kappa shape index (κ1) is 12.4. The summed E-state index contributed by atoms with van der Waals surface area (Å²) in [5.41, 5.74) is 5.73. The number of rotatable bonds is 3. The SMILES string of the molecule is NC(=S)c1ncccc1Oc1cc(F)cc(F)c1. The average molecular weight is 266 g/mol. The van der Waals surface area contributed by atoms with Gasteiger partial charge in [-0.2, -0.15) is 0 Å². The predicted octanol–water partition coefficient (Wildman–Crippen LogP) is 2.79. The molecular formula is C12H8F2N2OS. The van der Waals surface area contributed by atoms with Crippen LogP contribution < -0.4 is 10.5 Å². The van der Waals surface area contributed by atoms with Gasteiger partial charge in [0.2, 0.25) is 0 Å². The lowest BCUT2D eigenvalue weighted by molar-refractivity contribution is 0.465. The highest BCUT2D eigenvalue weighted by Gasteiger charge is 2.09. The molecule has 1 aromatic heterocycles. The van der Waals surface area contributed by atoms with Crippen LogP contribution in [0.2, 0.25) is 0 Å². The molecule has 2 aromatic rings. The molecule has 3 nitrogen and oxygen atoms in total. The largest absolute Gasteiger partial charge is 0.455 e. The molecule has 6 heteroatoms. The van der Waals surface area contributed by atoms with Crippen LogP contribution in [0.4, 0.5) is 8.78 Å². The van der Waals surface area contributed by atoms with Crippen LogP contribution in [0.15, 0.2) is 36.5 Å². The summed E-state index contributed by atoms with van der Waals surface area (Å²) < 4.78 is 31.3. The van der Waals surface area contributed by atoms with E-state index in [2.05, 4.69) is 4.98 Å². The van der Waals surface area contributed by atoms with E-state index in [1.54, 1.807) is 12.1 Å². The molecule has 1 aromatic carbocycles. The maximum absolute atomic E-state index is 13.0. The topological polar surface area (TPSA) is 48.1 Å². The minimum Gasteiger partial charge on any atom is -0.455 e. The molecule has 0 aliphatic carbocycles. The number of pyridine rings is 1. The van der Waals surface area contributed by atoms with Crippen LogP contribution in [0.3, 0.4) is 0 Å². The van der Waals surface area contributed by atoms with Gasteiger partial charge in [0.1, 0.15) is 28.1 Å². The standard InChI is InChI=1S/C12H8F2N2OS/c13-7-4-8(14)6-9(5-7)17-10-2-1-3-16-11(10)12(15)18/h1-6H,(H2,15,18). The van der Waals surface area contributed by atoms with Crippen molar-refractivity contribution in [3.8, 4) is 11.5 Å². The fraction of sp³-hybridized carbons (Fsp3) is 0. The van der Waals surface area contributed by atoms with Crippen LogP contribution in [-0.2, 0) is 0 Å². The Morgan fingerprint density at radius 1 is 1.22 bits per heavy atom. The summed E-state index contributed by atoms with van der Waals surface area (Å²) in [4.78, 5) is 3.98. The van der Waals surface area contributed by atoms with Gasteiger partial charge in [-0.05, 0) is 12.1 Å². The fourth-order valence-electron chi connectivity index (χ4n) is 1.37. The lowest BCUT2D eigenvalue weighted by Crippen LogP contribution is -2.12. The normalized spacial score (nSPS) is 10.1. The van der Waals surface area contributed by atoms with Gasteiger partial charge in [0, 0.05) is 24.4 Å². The Bertz CT molecular complexity index is 584. The van der Waals surface area contributed by atoms with Gasteiger partial charge >= 0.3 is 0 Å². The minimum atomic E-state index is -0.731. The van der Waals surface area contributed by atoms with Crippen molar-refractivity contribution in [2.24, 2.45) is 5.73 Å². The third-order valence-electron chi connectivity index (χ3n) is 2.07. The van der Waals surface area contributed by atoms with Crippen LogP contribution in [0.5, 0.6) is 11.5 Å². The number of aromatic nitrogens is 1. The van der Waals surface area contributed by atoms with E-state index in [1.807, 2.05) is 0 Å². The van der Waals surface area contributed by atoms with E-state index in [4.69, 9.17) is 22.7 Å². The number of halogens is 2. The van der Waals surface area contributed by atoms with Crippen molar-refractivity contribution >= 4 is 17.2 Å². The second kappa shape index (κ2) is 5.05. The Kier molecular flexibility index (Phi) is 3.47. The molecule has 0 bridgehead atoms. The summed E-state index contributed by atoms with van der Waals surface area (Å²) in [6, 6.07) is 6.03. The molecular weight excluding hydrogens is 258 g/mol. The van der Waals surface area contributed by atoms with Gasteiger partial charge in [0.15, 0.2) is 5.75 Å². The molecule has 0 spiro atoms. The van der Waals surface area contributed by atoms with E-state index in [0.717, 1.165) is 18.2 Å². The number of hydrogen-bond acceptors (Lipinski definition) is 3. The maximum atomic E-state index is 13.0. The molecule has 0 amide bonds. The van der Waals surface area contributed by atoms with E-state index < -0.39 is 11.6 Å². The van der Waals surface area contributed by atoms with E-state index in [-0.39, 0.29) is 22.2 Å². The van der Waals surface area contributed by atoms with E-state index in [0.29, 0.717) is 0 Å². The number of nitrogens with two attached hydrogens (primary N) is 1. The maximum Gasteiger partial charge on any atom is 0.156 e. The first-order valence-corrected chi connectivity index (χ1v) is 5.36. The third-order valence-corrected chi connectivity index (χ3v) is 2.26. The lowest BCUT2D eigenvalue weighted by atomic mass is 10.3. The quantitative estimate of drug-likeness (QED) is 0.868. The van der Waals surface area contributed by atoms with Crippen molar-refractivity contribution in [2.45, 2.75) is 0 Å². The van der Waals surface area contributed by atoms with Crippen molar-refractivity contribution < 1.29 is 13.5 Å². The Balaban J connectivity index is 2.37. The number of nitrogens with zero attached hydrogens (tertiary/aromatic N) is 1. The first-order valence-electron chi connectivity index (χ1n) is 4.95. The van der Waals surface area contributed by atoms with Crippen LogP contribution in [0.25, 0.3) is 0 Å². The van der Waals surface area contributed by atoms with Crippen molar-refractivity contribution in [1.82, 2.24) is 4.98 Å². The summed E-state index contributed by atoms with van der Waals surface area (Å²) in [6.07, 6.45) is 1.49. The highest BCUT2D eigenvalue weighted by Crippen LogP contribution is 2.25. The Morgan fingerprint density at radius 2 is 1.89 bits per heavy atom. The molecule has 0 aliphatic heterocycles. The van der Waals surface area contributed by atoms with Crippen LogP contribution in [0, 0.1) is 11.6 Å². The van der Waals surface area contributed by atoms with Crippen LogP contribution in [-0.4, -0.2) is 9.97 Å². The van der Waals surface area contributed by atoms with Crippen molar-refractivity contribution in [1.29, 1.82) is 0 Å². The smallest absolute Gasteiger partial charge is 0.156 e. The minimum absolute atomic E-state index is 0.0120. The van der Waals surface area contributed by atoms with Crippen LogP contribution in [0.1, 0.15) is 5.69 Å². The second-order valence-electron chi connectivity index (χ2n) is 3.42. The summed E-state index contributed by atoms with van der Waals surface area (Å²) >= 11 is 4.80. The molecule has 0 atom stereocenters. The molecule has 2 rings (SSSR count). The first-order chi connectivity index (χ1) is 8.56. The Hall–Kier alpha value is -2.08. The lowest BCUT2D eigenvalue weighted by Gasteiger charge is -2.09. The Labute approximate surface area is 107 Å². The number of benzene rings is 1. The molecule has 0 aliphatic rings. The molecule has 1 heterocycles. The Morgan fingerprint density at radius 3 is 2.50 bits per heavy atom. The summed E-state index contributed by atoms with van der Waals surface area (Å²) in [5.74, 6) is -1.20. The molecule has 0 unspecified atom stereocenters. The zero-order valence-electron chi connectivity index (χ0n) is 9.06. The van der Waals surface area contributed by atoms with Crippen molar-refractivity contribution in [2.75, 3.05) is 0 Å². The molecule has 18 heavy (non-hydrogen) atoms. The van der Waals surface area contributed by atoms with E-state index >= 15 is 0 Å². The predicted molar refractivity (Wildman–Crippen MR) is 66.6 cm³/mol. The fourth-order valence-corrected chi connectivity index (χ4v) is 1.53. The van der Waals surface area contributed by atoms with Gasteiger partial charge < -0.3 is 10.5 Å². The van der Waals surface area contributed by atoms with Gasteiger partial charge in [0.05, 0.1) is 0 Å². The third kappa shape index (κ3) is 2.78. The molecule has 0 saturated heterocycles. The van der Waals surface area contributed by atoms with Crippen LogP contribution >= 0.6 is 12.2 Å². The summed E-state index contributed by atoms with van der Waals surface area (Å²) in [6.45, 7) is 0. The highest BCUT2D eigenvalue weighted by atomic mass is 32.1. The summed E-state index contributed by atoms with van der Waals surface area (Å²) in [7, 11) is 0. The van der Waals surface area contributed by atoms with Gasteiger partial charge in [-0.1, -0.05) is 12.2 Å². The molecule has 0 fully saturated rings. The number of hydrogen-bond donors (Lipinski definition) is 1. The van der Waals surface area contributed by atoms with E-state index in [9.17, 15) is 8.78 Å². The van der Waals surface area contributed by atoms with Crippen molar-refractivity contribution in [3.63, 3.8) is 0 Å². The van der Waals surface area contributed by atoms with Gasteiger partial charge in [-0.15, -0.1) is 0 Å². The molecule has 0 saturated carbocycles. The molecule has 0 radical (unpaired) electrons. The second-order valence-corrected chi connectivity index (χ2v) is 3.86. The van der Waals surface area contributed by atoms with Gasteiger partial charge in [-0.25, -0.2) is 13.8 Å². The number of thiocarbonyl (C=S) groups is 1. The monoisotopic (exact) mass is 266 g/mol. The van der Waals surface area contributed by atoms with Gasteiger partial charge in [0.25, 0.3) is 0 Å².